The number of nitrogens with zero attached hydrogens (tertiary/aromatic N) is 3. The van der Waals surface area contributed by atoms with Crippen LogP contribution < -0.4 is 14.8 Å². The summed E-state index contributed by atoms with van der Waals surface area (Å²) in [7, 11) is 0. The zero-order valence-corrected chi connectivity index (χ0v) is 15.2. The van der Waals surface area contributed by atoms with Crippen LogP contribution in [0.2, 0.25) is 0 Å². The van der Waals surface area contributed by atoms with Gasteiger partial charge in [0.25, 0.3) is 5.91 Å². The number of pyridine rings is 1. The molecule has 1 aliphatic rings. The van der Waals surface area contributed by atoms with Crippen LogP contribution in [0, 0.1) is 0 Å². The number of aromatic nitrogens is 3. The van der Waals surface area contributed by atoms with E-state index in [-0.39, 0.29) is 12.0 Å². The minimum Gasteiger partial charge on any atom is -0.486 e. The Morgan fingerprint density at radius 3 is 2.96 bits per heavy atom. The third-order valence-corrected chi connectivity index (χ3v) is 4.25. The van der Waals surface area contributed by atoms with Crippen LogP contribution in [0.5, 0.6) is 11.5 Å². The summed E-state index contributed by atoms with van der Waals surface area (Å²) in [6.07, 6.45) is 6.34. The van der Waals surface area contributed by atoms with E-state index >= 15 is 0 Å². The molecule has 0 saturated carbocycles. The third kappa shape index (κ3) is 3.70. The summed E-state index contributed by atoms with van der Waals surface area (Å²) < 4.78 is 14.1. The van der Waals surface area contributed by atoms with Crippen molar-refractivity contribution in [2.24, 2.45) is 0 Å². The molecule has 26 heavy (non-hydrogen) atoms. The summed E-state index contributed by atoms with van der Waals surface area (Å²) in [5, 5.41) is 7.08. The first kappa shape index (κ1) is 16.6. The Kier molecular flexibility index (Phi) is 4.57. The molecule has 1 unspecified atom stereocenters. The van der Waals surface area contributed by atoms with Gasteiger partial charge in [-0.25, -0.2) is 0 Å². The predicted molar refractivity (Wildman–Crippen MR) is 98.5 cm³/mol. The Hall–Kier alpha value is -2.87. The summed E-state index contributed by atoms with van der Waals surface area (Å²) in [6.45, 7) is 0.963. The van der Waals surface area contributed by atoms with E-state index in [0.29, 0.717) is 24.4 Å². The molecular formula is C18H15BrN4O3. The SMILES string of the molecule is O=C(Nc1cnn(CC2COc3ccccc3O2)c1)c1cncc(Br)c1. The van der Waals surface area contributed by atoms with Crippen LogP contribution in [0.4, 0.5) is 5.69 Å². The molecule has 3 heterocycles. The summed E-state index contributed by atoms with van der Waals surface area (Å²) in [4.78, 5) is 16.2. The molecule has 3 aromatic rings. The van der Waals surface area contributed by atoms with Gasteiger partial charge in [-0.15, -0.1) is 0 Å². The molecule has 2 aromatic heterocycles. The quantitative estimate of drug-likeness (QED) is 0.709. The molecule has 1 aromatic carbocycles. The number of carbonyl (C=O) groups excluding carboxylic acids is 1. The second-order valence-electron chi connectivity index (χ2n) is 5.79. The van der Waals surface area contributed by atoms with Gasteiger partial charge in [-0.3, -0.25) is 14.5 Å². The van der Waals surface area contributed by atoms with Gasteiger partial charge in [0.05, 0.1) is 24.0 Å². The maximum atomic E-state index is 12.2. The van der Waals surface area contributed by atoms with E-state index in [1.54, 1.807) is 29.3 Å². The lowest BCUT2D eigenvalue weighted by molar-refractivity contribution is 0.0759. The van der Waals surface area contributed by atoms with E-state index in [1.165, 1.54) is 6.20 Å². The Balaban J connectivity index is 1.39. The first-order valence-corrected chi connectivity index (χ1v) is 8.79. The molecule has 0 radical (unpaired) electrons. The van der Waals surface area contributed by atoms with Crippen molar-refractivity contribution in [3.8, 4) is 11.5 Å². The number of ether oxygens (including phenoxy) is 2. The van der Waals surface area contributed by atoms with E-state index in [2.05, 4.69) is 31.3 Å². The van der Waals surface area contributed by atoms with Crippen LogP contribution >= 0.6 is 15.9 Å². The molecule has 4 rings (SSSR count). The standard InChI is InChI=1S/C18H15BrN4O3/c19-13-5-12(6-20-7-13)18(24)22-14-8-21-23(9-14)10-15-11-25-16-3-1-2-4-17(16)26-15/h1-9,15H,10-11H2,(H,22,24). The summed E-state index contributed by atoms with van der Waals surface area (Å²) in [5.41, 5.74) is 1.07. The molecule has 0 bridgehead atoms. The molecule has 1 N–H and O–H groups in total. The van der Waals surface area contributed by atoms with Crippen LogP contribution in [-0.4, -0.2) is 33.4 Å². The van der Waals surface area contributed by atoms with Crippen LogP contribution in [0.25, 0.3) is 0 Å². The highest BCUT2D eigenvalue weighted by molar-refractivity contribution is 9.10. The summed E-state index contributed by atoms with van der Waals surface area (Å²) >= 11 is 3.30. The predicted octanol–water partition coefficient (Wildman–Crippen LogP) is 3.13. The van der Waals surface area contributed by atoms with E-state index in [4.69, 9.17) is 9.47 Å². The van der Waals surface area contributed by atoms with Gasteiger partial charge in [-0.05, 0) is 34.1 Å². The number of hydrogen-bond donors (Lipinski definition) is 1. The van der Waals surface area contributed by atoms with Gasteiger partial charge in [0, 0.05) is 23.1 Å². The van der Waals surface area contributed by atoms with Crippen molar-refractivity contribution in [2.75, 3.05) is 11.9 Å². The number of anilines is 1. The van der Waals surface area contributed by atoms with E-state index < -0.39 is 0 Å². The zero-order chi connectivity index (χ0) is 17.9. The van der Waals surface area contributed by atoms with Gasteiger partial charge in [-0.1, -0.05) is 12.1 Å². The number of amides is 1. The van der Waals surface area contributed by atoms with Crippen molar-refractivity contribution in [3.63, 3.8) is 0 Å². The van der Waals surface area contributed by atoms with Gasteiger partial charge in [-0.2, -0.15) is 5.10 Å². The number of para-hydroxylation sites is 2. The Labute approximate surface area is 158 Å². The lowest BCUT2D eigenvalue weighted by Crippen LogP contribution is -2.33. The van der Waals surface area contributed by atoms with Crippen molar-refractivity contribution in [2.45, 2.75) is 12.6 Å². The first-order valence-electron chi connectivity index (χ1n) is 8.00. The van der Waals surface area contributed by atoms with Gasteiger partial charge >= 0.3 is 0 Å². The van der Waals surface area contributed by atoms with Gasteiger partial charge in [0.2, 0.25) is 0 Å². The Bertz CT molecular complexity index is 943. The number of nitrogens with one attached hydrogen (secondary N) is 1. The van der Waals surface area contributed by atoms with Crippen LogP contribution in [-0.2, 0) is 6.54 Å². The molecule has 0 spiro atoms. The lowest BCUT2D eigenvalue weighted by Gasteiger charge is -2.26. The fourth-order valence-corrected chi connectivity index (χ4v) is 2.99. The average molecular weight is 415 g/mol. The molecule has 8 heteroatoms. The van der Waals surface area contributed by atoms with Crippen molar-refractivity contribution in [1.82, 2.24) is 14.8 Å². The second-order valence-corrected chi connectivity index (χ2v) is 6.71. The lowest BCUT2D eigenvalue weighted by atomic mass is 10.2. The van der Waals surface area contributed by atoms with Crippen molar-refractivity contribution in [1.29, 1.82) is 0 Å². The third-order valence-electron chi connectivity index (χ3n) is 3.82. The smallest absolute Gasteiger partial charge is 0.257 e. The normalized spacial score (nSPS) is 15.5. The van der Waals surface area contributed by atoms with Gasteiger partial charge < -0.3 is 14.8 Å². The molecule has 1 amide bonds. The first-order chi connectivity index (χ1) is 12.7. The highest BCUT2D eigenvalue weighted by Crippen LogP contribution is 2.31. The number of hydrogen-bond acceptors (Lipinski definition) is 5. The van der Waals surface area contributed by atoms with Crippen molar-refractivity contribution in [3.05, 3.63) is 65.2 Å². The van der Waals surface area contributed by atoms with Crippen LogP contribution in [0.1, 0.15) is 10.4 Å². The highest BCUT2D eigenvalue weighted by atomic mass is 79.9. The molecule has 1 aliphatic heterocycles. The van der Waals surface area contributed by atoms with E-state index in [0.717, 1.165) is 16.0 Å². The van der Waals surface area contributed by atoms with Crippen LogP contribution in [0.15, 0.2) is 59.6 Å². The molecule has 1 atom stereocenters. The Morgan fingerprint density at radius 2 is 2.12 bits per heavy atom. The van der Waals surface area contributed by atoms with Crippen molar-refractivity contribution >= 4 is 27.5 Å². The number of benzene rings is 1. The van der Waals surface area contributed by atoms with E-state index in [1.807, 2.05) is 24.3 Å². The number of carbonyl (C=O) groups is 1. The largest absolute Gasteiger partial charge is 0.486 e. The molecule has 7 nitrogen and oxygen atoms in total. The number of halogens is 1. The summed E-state index contributed by atoms with van der Waals surface area (Å²) in [6, 6.07) is 9.28. The maximum absolute atomic E-state index is 12.2. The average Bonchev–Trinajstić information content (AvgIpc) is 3.08. The molecule has 0 fully saturated rings. The summed E-state index contributed by atoms with van der Waals surface area (Å²) in [5.74, 6) is 1.23. The number of rotatable bonds is 4. The fourth-order valence-electron chi connectivity index (χ4n) is 2.63. The molecule has 0 aliphatic carbocycles. The molecular weight excluding hydrogens is 400 g/mol. The zero-order valence-electron chi connectivity index (χ0n) is 13.6. The van der Waals surface area contributed by atoms with Crippen molar-refractivity contribution < 1.29 is 14.3 Å². The minimum atomic E-state index is -0.246. The highest BCUT2D eigenvalue weighted by Gasteiger charge is 2.21. The second kappa shape index (κ2) is 7.17. The van der Waals surface area contributed by atoms with E-state index in [9.17, 15) is 4.79 Å². The monoisotopic (exact) mass is 414 g/mol. The fraction of sp³-hybridized carbons (Fsp3) is 0.167. The topological polar surface area (TPSA) is 78.3 Å². The molecule has 0 saturated heterocycles. The number of fused-ring (bicyclic) bond motifs is 1. The maximum Gasteiger partial charge on any atom is 0.257 e. The van der Waals surface area contributed by atoms with Gasteiger partial charge in [0.1, 0.15) is 6.61 Å². The van der Waals surface area contributed by atoms with Crippen LogP contribution in [0.3, 0.4) is 0 Å². The van der Waals surface area contributed by atoms with Gasteiger partial charge in [0.15, 0.2) is 17.6 Å². The Morgan fingerprint density at radius 1 is 1.27 bits per heavy atom. The minimum absolute atomic E-state index is 0.150. The molecule has 132 valence electrons.